The molecule has 0 spiro atoms. The molecule has 0 bridgehead atoms. The SMILES string of the molecule is CCNC(=NCc1cccc(C(F)(F)F)c1)NCC1(S(C)(=O)=O)CCOCC1. The third kappa shape index (κ3) is 5.84. The van der Waals surface area contributed by atoms with Crippen LogP contribution in [0.2, 0.25) is 0 Å². The van der Waals surface area contributed by atoms with E-state index in [1.807, 2.05) is 6.92 Å². The van der Waals surface area contributed by atoms with E-state index in [1.165, 1.54) is 12.3 Å². The fraction of sp³-hybridized carbons (Fsp3) is 0.611. The molecule has 1 saturated heterocycles. The molecule has 1 aliphatic rings. The Morgan fingerprint density at radius 2 is 1.93 bits per heavy atom. The summed E-state index contributed by atoms with van der Waals surface area (Å²) in [6, 6.07) is 4.98. The standard InChI is InChI=1S/C18H26F3N3O3S/c1-3-22-16(23-12-14-5-4-6-15(11-14)18(19,20)21)24-13-17(28(2,25)26)7-9-27-10-8-17/h4-6,11H,3,7-10,12-13H2,1-2H3,(H2,22,23,24). The molecule has 0 saturated carbocycles. The van der Waals surface area contributed by atoms with Crippen LogP contribution in [0.3, 0.4) is 0 Å². The lowest BCUT2D eigenvalue weighted by Gasteiger charge is -2.35. The highest BCUT2D eigenvalue weighted by Crippen LogP contribution is 2.30. The molecule has 1 aromatic carbocycles. The van der Waals surface area contributed by atoms with Gasteiger partial charge in [0.15, 0.2) is 15.8 Å². The van der Waals surface area contributed by atoms with Crippen LogP contribution in [0.1, 0.15) is 30.9 Å². The Kier molecular flexibility index (Phi) is 7.33. The Balaban J connectivity index is 2.12. The highest BCUT2D eigenvalue weighted by atomic mass is 32.2. The van der Waals surface area contributed by atoms with Crippen molar-refractivity contribution in [1.82, 2.24) is 10.6 Å². The summed E-state index contributed by atoms with van der Waals surface area (Å²) in [5, 5.41) is 6.03. The number of halogens is 3. The number of sulfone groups is 1. The fourth-order valence-corrected chi connectivity index (χ4v) is 4.27. The van der Waals surface area contributed by atoms with E-state index < -0.39 is 26.3 Å². The minimum atomic E-state index is -4.41. The number of ether oxygens (including phenoxy) is 1. The number of nitrogens with zero attached hydrogens (tertiary/aromatic N) is 1. The molecule has 10 heteroatoms. The number of rotatable bonds is 6. The number of aliphatic imine (C=N–C) groups is 1. The second-order valence-corrected chi connectivity index (χ2v) is 9.22. The minimum Gasteiger partial charge on any atom is -0.381 e. The van der Waals surface area contributed by atoms with E-state index in [2.05, 4.69) is 15.6 Å². The molecule has 2 rings (SSSR count). The number of nitrogens with one attached hydrogen (secondary N) is 2. The smallest absolute Gasteiger partial charge is 0.381 e. The summed E-state index contributed by atoms with van der Waals surface area (Å²) in [4.78, 5) is 4.31. The number of hydrogen-bond acceptors (Lipinski definition) is 4. The predicted molar refractivity (Wildman–Crippen MR) is 102 cm³/mol. The van der Waals surface area contributed by atoms with Gasteiger partial charge in [-0.05, 0) is 37.5 Å². The van der Waals surface area contributed by atoms with Crippen LogP contribution in [0.4, 0.5) is 13.2 Å². The summed E-state index contributed by atoms with van der Waals surface area (Å²) >= 11 is 0. The second kappa shape index (κ2) is 9.13. The zero-order valence-electron chi connectivity index (χ0n) is 16.0. The van der Waals surface area contributed by atoms with Crippen LogP contribution in [0.15, 0.2) is 29.3 Å². The summed E-state index contributed by atoms with van der Waals surface area (Å²) in [5.41, 5.74) is -0.313. The minimum absolute atomic E-state index is 0.0360. The van der Waals surface area contributed by atoms with Crippen LogP contribution in [-0.4, -0.2) is 51.7 Å². The van der Waals surface area contributed by atoms with Crippen LogP contribution in [0, 0.1) is 0 Å². The zero-order chi connectivity index (χ0) is 20.8. The Hall–Kier alpha value is -1.81. The van der Waals surface area contributed by atoms with Gasteiger partial charge in [-0.1, -0.05) is 12.1 Å². The van der Waals surface area contributed by atoms with Crippen molar-refractivity contribution in [3.8, 4) is 0 Å². The van der Waals surface area contributed by atoms with Crippen molar-refractivity contribution in [2.45, 2.75) is 37.2 Å². The Morgan fingerprint density at radius 1 is 1.25 bits per heavy atom. The Bertz CT molecular complexity index is 789. The number of alkyl halides is 3. The molecule has 1 fully saturated rings. The lowest BCUT2D eigenvalue weighted by atomic mass is 9.99. The maximum atomic E-state index is 12.8. The first-order chi connectivity index (χ1) is 13.1. The summed E-state index contributed by atoms with van der Waals surface area (Å²) < 4.78 is 67.5. The summed E-state index contributed by atoms with van der Waals surface area (Å²) in [6.45, 7) is 3.31. The topological polar surface area (TPSA) is 79.8 Å². The first-order valence-corrected chi connectivity index (χ1v) is 10.9. The van der Waals surface area contributed by atoms with Crippen LogP contribution < -0.4 is 10.6 Å². The average molecular weight is 421 g/mol. The number of benzene rings is 1. The number of guanidine groups is 1. The second-order valence-electron chi connectivity index (χ2n) is 6.81. The molecule has 0 radical (unpaired) electrons. The first-order valence-electron chi connectivity index (χ1n) is 9.03. The normalized spacial score (nSPS) is 18.0. The Morgan fingerprint density at radius 3 is 2.50 bits per heavy atom. The molecule has 6 nitrogen and oxygen atoms in total. The van der Waals surface area contributed by atoms with Crippen LogP contribution in [-0.2, 0) is 27.3 Å². The van der Waals surface area contributed by atoms with Gasteiger partial charge >= 0.3 is 6.18 Å². The van der Waals surface area contributed by atoms with Gasteiger partial charge < -0.3 is 15.4 Å². The lowest BCUT2D eigenvalue weighted by molar-refractivity contribution is -0.137. The third-order valence-corrected chi connectivity index (χ3v) is 6.91. The molecule has 158 valence electrons. The molecule has 2 N–H and O–H groups in total. The molecular formula is C18H26F3N3O3S. The quantitative estimate of drug-likeness (QED) is 0.545. The van der Waals surface area contributed by atoms with E-state index >= 15 is 0 Å². The van der Waals surface area contributed by atoms with Gasteiger partial charge in [-0.25, -0.2) is 13.4 Å². The van der Waals surface area contributed by atoms with Crippen molar-refractivity contribution >= 4 is 15.8 Å². The largest absolute Gasteiger partial charge is 0.416 e. The maximum Gasteiger partial charge on any atom is 0.416 e. The van der Waals surface area contributed by atoms with E-state index in [1.54, 1.807) is 6.07 Å². The molecule has 1 aromatic rings. The van der Waals surface area contributed by atoms with Crippen LogP contribution in [0.5, 0.6) is 0 Å². The highest BCUT2D eigenvalue weighted by molar-refractivity contribution is 7.92. The molecule has 28 heavy (non-hydrogen) atoms. The predicted octanol–water partition coefficient (Wildman–Crippen LogP) is 2.35. The van der Waals surface area contributed by atoms with Crippen molar-refractivity contribution in [2.24, 2.45) is 4.99 Å². The molecular weight excluding hydrogens is 395 g/mol. The van der Waals surface area contributed by atoms with E-state index in [9.17, 15) is 21.6 Å². The van der Waals surface area contributed by atoms with Crippen LogP contribution in [0.25, 0.3) is 0 Å². The van der Waals surface area contributed by atoms with Crippen LogP contribution >= 0.6 is 0 Å². The first kappa shape index (κ1) is 22.5. The summed E-state index contributed by atoms with van der Waals surface area (Å²) in [6.07, 6.45) is -2.43. The zero-order valence-corrected chi connectivity index (χ0v) is 16.8. The van der Waals surface area contributed by atoms with E-state index in [4.69, 9.17) is 4.74 Å². The van der Waals surface area contributed by atoms with Gasteiger partial charge in [0.2, 0.25) is 0 Å². The highest BCUT2D eigenvalue weighted by Gasteiger charge is 2.42. The van der Waals surface area contributed by atoms with Crippen molar-refractivity contribution in [3.63, 3.8) is 0 Å². The fourth-order valence-electron chi connectivity index (χ4n) is 3.02. The molecule has 0 atom stereocenters. The molecule has 0 aromatic heterocycles. The van der Waals surface area contributed by atoms with Crippen molar-refractivity contribution < 1.29 is 26.3 Å². The monoisotopic (exact) mass is 421 g/mol. The van der Waals surface area contributed by atoms with E-state index in [0.717, 1.165) is 12.1 Å². The number of hydrogen-bond donors (Lipinski definition) is 2. The lowest BCUT2D eigenvalue weighted by Crippen LogP contribution is -2.53. The van der Waals surface area contributed by atoms with Crippen molar-refractivity contribution in [2.75, 3.05) is 32.6 Å². The molecule has 0 aliphatic carbocycles. The molecule has 1 heterocycles. The third-order valence-electron chi connectivity index (χ3n) is 4.79. The van der Waals surface area contributed by atoms with E-state index in [0.29, 0.717) is 44.1 Å². The molecule has 0 unspecified atom stereocenters. The Labute approximate surface area is 163 Å². The van der Waals surface area contributed by atoms with Crippen molar-refractivity contribution in [1.29, 1.82) is 0 Å². The van der Waals surface area contributed by atoms with Crippen molar-refractivity contribution in [3.05, 3.63) is 35.4 Å². The van der Waals surface area contributed by atoms with Gasteiger partial charge in [0.1, 0.15) is 0 Å². The van der Waals surface area contributed by atoms with Gasteiger partial charge in [-0.2, -0.15) is 13.2 Å². The van der Waals surface area contributed by atoms with Gasteiger partial charge in [0.05, 0.1) is 16.9 Å². The van der Waals surface area contributed by atoms with Gasteiger partial charge in [0.25, 0.3) is 0 Å². The van der Waals surface area contributed by atoms with Gasteiger partial charge in [0, 0.05) is 32.6 Å². The summed E-state index contributed by atoms with van der Waals surface area (Å²) in [5.74, 6) is 0.356. The molecule has 1 aliphatic heterocycles. The van der Waals surface area contributed by atoms with Gasteiger partial charge in [-0.3, -0.25) is 0 Å². The molecule has 0 amide bonds. The van der Waals surface area contributed by atoms with E-state index in [-0.39, 0.29) is 13.1 Å². The maximum absolute atomic E-state index is 12.8. The average Bonchev–Trinajstić information content (AvgIpc) is 2.63. The van der Waals surface area contributed by atoms with Gasteiger partial charge in [-0.15, -0.1) is 0 Å². The summed E-state index contributed by atoms with van der Waals surface area (Å²) in [7, 11) is -3.34.